The van der Waals surface area contributed by atoms with Gasteiger partial charge in [0.05, 0.1) is 22.1 Å². The normalized spacial score (nSPS) is 11.9. The molecule has 198 valence electrons. The van der Waals surface area contributed by atoms with E-state index in [2.05, 4.69) is 47.2 Å². The summed E-state index contributed by atoms with van der Waals surface area (Å²) in [5.74, 6) is 0. The van der Waals surface area contributed by atoms with Gasteiger partial charge < -0.3 is 9.13 Å². The van der Waals surface area contributed by atoms with Crippen LogP contribution in [0.5, 0.6) is 0 Å². The topological polar surface area (TPSA) is 44.0 Å². The maximum Gasteiger partial charge on any atom is 0.197 e. The van der Waals surface area contributed by atoms with E-state index in [1.807, 2.05) is 38.1 Å². The third-order valence-electron chi connectivity index (χ3n) is 8.03. The minimum atomic E-state index is 0.0550. The lowest BCUT2D eigenvalue weighted by molar-refractivity contribution is 0.600. The summed E-state index contributed by atoms with van der Waals surface area (Å²) in [7, 11) is 0. The third-order valence-corrected chi connectivity index (χ3v) is 8.03. The zero-order valence-electron chi connectivity index (χ0n) is 23.4. The lowest BCUT2D eigenvalue weighted by Gasteiger charge is -2.19. The number of aryl methyl sites for hydroxylation is 4. The van der Waals surface area contributed by atoms with Crippen molar-refractivity contribution < 1.29 is 0 Å². The fourth-order valence-electron chi connectivity index (χ4n) is 5.95. The molecule has 0 atom stereocenters. The molecule has 0 aliphatic heterocycles. The zero-order valence-corrected chi connectivity index (χ0v) is 23.4. The number of unbranched alkanes of at least 4 members (excludes halogenated alkanes) is 6. The molecule has 4 nitrogen and oxygen atoms in total. The van der Waals surface area contributed by atoms with Crippen molar-refractivity contribution >= 4 is 43.6 Å². The number of rotatable bonds is 10. The fourth-order valence-corrected chi connectivity index (χ4v) is 5.95. The van der Waals surface area contributed by atoms with Gasteiger partial charge in [0.15, 0.2) is 10.9 Å². The number of benzene rings is 3. The van der Waals surface area contributed by atoms with E-state index < -0.39 is 0 Å². The number of hydrogen-bond donors (Lipinski definition) is 0. The molecule has 38 heavy (non-hydrogen) atoms. The molecule has 5 aromatic rings. The minimum Gasteiger partial charge on any atom is -0.340 e. The predicted octanol–water partition coefficient (Wildman–Crippen LogP) is 8.40. The minimum absolute atomic E-state index is 0.0550. The first kappa shape index (κ1) is 26.2. The molecule has 0 spiro atoms. The average Bonchev–Trinajstić information content (AvgIpc) is 2.92. The van der Waals surface area contributed by atoms with Crippen molar-refractivity contribution in [2.24, 2.45) is 0 Å². The van der Waals surface area contributed by atoms with Crippen LogP contribution >= 0.6 is 0 Å². The van der Waals surface area contributed by atoms with Crippen LogP contribution < -0.4 is 10.9 Å². The van der Waals surface area contributed by atoms with Crippen molar-refractivity contribution in [3.05, 3.63) is 80.1 Å². The molecule has 0 amide bonds. The highest BCUT2D eigenvalue weighted by molar-refractivity contribution is 6.03. The molecule has 5 rings (SSSR count). The Morgan fingerprint density at radius 3 is 1.29 bits per heavy atom. The first-order valence-corrected chi connectivity index (χ1v) is 14.5. The molecule has 4 heteroatoms. The second-order valence-electron chi connectivity index (χ2n) is 11.0. The maximum atomic E-state index is 13.9. The van der Waals surface area contributed by atoms with Crippen molar-refractivity contribution in [2.45, 2.75) is 92.2 Å². The standard InChI is InChI=1S/C34H40N2O2/c1-5-7-9-11-17-35-29-15-13-23(3)19-25(29)33(37)27-22-32-28(21-31(27)35)34(38)26-20-24(4)14-16-30(26)36(32)18-12-10-8-6-2/h13-16,19-22H,5-12,17-18H2,1-4H3. The quantitative estimate of drug-likeness (QED) is 0.140. The summed E-state index contributed by atoms with van der Waals surface area (Å²) in [4.78, 5) is 27.8. The summed E-state index contributed by atoms with van der Waals surface area (Å²) in [6, 6.07) is 16.4. The second kappa shape index (κ2) is 11.1. The molecule has 0 fully saturated rings. The predicted molar refractivity (Wildman–Crippen MR) is 163 cm³/mol. The van der Waals surface area contributed by atoms with E-state index in [1.54, 1.807) is 0 Å². The van der Waals surface area contributed by atoms with Crippen LogP contribution in [0, 0.1) is 13.8 Å². The Balaban J connectivity index is 1.85. The molecule has 0 N–H and O–H groups in total. The SMILES string of the molecule is CCCCCCn1c2ccc(C)cc2c(=O)c2cc3c(cc21)c(=O)c1cc(C)ccc1n3CCCCCC. The van der Waals surface area contributed by atoms with Gasteiger partial charge in [-0.15, -0.1) is 0 Å². The molecule has 0 aliphatic carbocycles. The molecule has 3 aromatic carbocycles. The van der Waals surface area contributed by atoms with Gasteiger partial charge in [0.1, 0.15) is 0 Å². The van der Waals surface area contributed by atoms with Gasteiger partial charge in [-0.2, -0.15) is 0 Å². The summed E-state index contributed by atoms with van der Waals surface area (Å²) < 4.78 is 4.57. The van der Waals surface area contributed by atoms with Gasteiger partial charge in [0.25, 0.3) is 0 Å². The van der Waals surface area contributed by atoms with E-state index >= 15 is 0 Å². The Kier molecular flexibility index (Phi) is 7.69. The van der Waals surface area contributed by atoms with Crippen molar-refractivity contribution in [2.75, 3.05) is 0 Å². The third kappa shape index (κ3) is 4.77. The monoisotopic (exact) mass is 508 g/mol. The molecular formula is C34H40N2O2. The van der Waals surface area contributed by atoms with Gasteiger partial charge in [-0.05, 0) is 63.1 Å². The number of pyridine rings is 2. The number of hydrogen-bond acceptors (Lipinski definition) is 2. The van der Waals surface area contributed by atoms with Crippen molar-refractivity contribution in [1.82, 2.24) is 9.13 Å². The fraction of sp³-hybridized carbons (Fsp3) is 0.412. The van der Waals surface area contributed by atoms with Crippen molar-refractivity contribution in [3.8, 4) is 0 Å². The van der Waals surface area contributed by atoms with Gasteiger partial charge in [-0.1, -0.05) is 75.6 Å². The number of nitrogens with zero attached hydrogens (tertiary/aromatic N) is 2. The van der Waals surface area contributed by atoms with Crippen LogP contribution in [0.2, 0.25) is 0 Å². The summed E-state index contributed by atoms with van der Waals surface area (Å²) in [5.41, 5.74) is 5.94. The lowest BCUT2D eigenvalue weighted by atomic mass is 10.0. The highest BCUT2D eigenvalue weighted by atomic mass is 16.1. The smallest absolute Gasteiger partial charge is 0.197 e. The van der Waals surface area contributed by atoms with Gasteiger partial charge >= 0.3 is 0 Å². The van der Waals surface area contributed by atoms with Crippen LogP contribution in [-0.4, -0.2) is 9.13 Å². The van der Waals surface area contributed by atoms with Crippen LogP contribution in [-0.2, 0) is 13.1 Å². The Labute approximate surface area is 224 Å². The molecule has 0 saturated carbocycles. The lowest BCUT2D eigenvalue weighted by Crippen LogP contribution is -2.16. The Hall–Kier alpha value is -3.40. The first-order valence-electron chi connectivity index (χ1n) is 14.5. The van der Waals surface area contributed by atoms with E-state index in [-0.39, 0.29) is 10.9 Å². The van der Waals surface area contributed by atoms with Crippen molar-refractivity contribution in [3.63, 3.8) is 0 Å². The van der Waals surface area contributed by atoms with E-state index in [1.165, 1.54) is 25.7 Å². The van der Waals surface area contributed by atoms with E-state index in [0.29, 0.717) is 10.8 Å². The van der Waals surface area contributed by atoms with Gasteiger partial charge in [-0.3, -0.25) is 9.59 Å². The van der Waals surface area contributed by atoms with E-state index in [9.17, 15) is 9.59 Å². The van der Waals surface area contributed by atoms with Gasteiger partial charge in [-0.25, -0.2) is 0 Å². The van der Waals surface area contributed by atoms with Crippen LogP contribution in [0.1, 0.15) is 76.3 Å². The molecule has 0 aliphatic rings. The molecule has 2 aromatic heterocycles. The molecule has 0 bridgehead atoms. The van der Waals surface area contributed by atoms with E-state index in [0.717, 1.165) is 82.7 Å². The van der Waals surface area contributed by atoms with Crippen LogP contribution in [0.4, 0.5) is 0 Å². The zero-order chi connectivity index (χ0) is 26.8. The average molecular weight is 509 g/mol. The van der Waals surface area contributed by atoms with Crippen LogP contribution in [0.25, 0.3) is 43.6 Å². The largest absolute Gasteiger partial charge is 0.340 e. The van der Waals surface area contributed by atoms with Crippen LogP contribution in [0.15, 0.2) is 58.1 Å². The molecule has 0 unspecified atom stereocenters. The summed E-state index contributed by atoms with van der Waals surface area (Å²) in [5, 5.41) is 2.94. The first-order chi connectivity index (χ1) is 18.4. The molecule has 2 heterocycles. The Morgan fingerprint density at radius 2 is 0.895 bits per heavy atom. The molecular weight excluding hydrogens is 468 g/mol. The van der Waals surface area contributed by atoms with Gasteiger partial charge in [0.2, 0.25) is 0 Å². The second-order valence-corrected chi connectivity index (χ2v) is 11.0. The number of aromatic nitrogens is 2. The highest BCUT2D eigenvalue weighted by Crippen LogP contribution is 2.28. The summed E-state index contributed by atoms with van der Waals surface area (Å²) in [6.07, 6.45) is 9.16. The highest BCUT2D eigenvalue weighted by Gasteiger charge is 2.17. The molecule has 0 radical (unpaired) electrons. The Morgan fingerprint density at radius 1 is 0.500 bits per heavy atom. The maximum absolute atomic E-state index is 13.9. The number of fused-ring (bicyclic) bond motifs is 4. The van der Waals surface area contributed by atoms with Crippen LogP contribution in [0.3, 0.4) is 0 Å². The van der Waals surface area contributed by atoms with Gasteiger partial charge in [0, 0.05) is 34.6 Å². The summed E-state index contributed by atoms with van der Waals surface area (Å²) in [6.45, 7) is 10.2. The summed E-state index contributed by atoms with van der Waals surface area (Å²) >= 11 is 0. The van der Waals surface area contributed by atoms with Crippen molar-refractivity contribution in [1.29, 1.82) is 0 Å². The Bertz CT molecular complexity index is 1630. The molecule has 0 saturated heterocycles. The van der Waals surface area contributed by atoms with E-state index in [4.69, 9.17) is 0 Å².